The molecule has 1 aliphatic rings. The molecule has 0 amide bonds. The molecule has 1 saturated heterocycles. The van der Waals surface area contributed by atoms with Crippen molar-refractivity contribution in [2.75, 3.05) is 19.8 Å². The van der Waals surface area contributed by atoms with Crippen LogP contribution in [-0.2, 0) is 17.7 Å². The van der Waals surface area contributed by atoms with Gasteiger partial charge in [0.15, 0.2) is 0 Å². The van der Waals surface area contributed by atoms with Crippen molar-refractivity contribution in [1.29, 1.82) is 0 Å². The van der Waals surface area contributed by atoms with Crippen LogP contribution in [0.2, 0.25) is 0 Å². The second-order valence-electron chi connectivity index (χ2n) is 5.24. The lowest BCUT2D eigenvalue weighted by atomic mass is 10.1. The van der Waals surface area contributed by atoms with Gasteiger partial charge in [0.05, 0.1) is 18.9 Å². The summed E-state index contributed by atoms with van der Waals surface area (Å²) in [4.78, 5) is 19.8. The van der Waals surface area contributed by atoms with Crippen LogP contribution in [0.1, 0.15) is 31.0 Å². The minimum atomic E-state index is -0.0905. The molecule has 6 nitrogen and oxygen atoms in total. The van der Waals surface area contributed by atoms with Crippen LogP contribution in [0.15, 0.2) is 10.9 Å². The Morgan fingerprint density at radius 2 is 2.33 bits per heavy atom. The number of aromatic nitrogens is 3. The molecule has 3 rings (SSSR count). The predicted molar refractivity (Wildman–Crippen MR) is 81.8 cm³/mol. The maximum absolute atomic E-state index is 12.1. The van der Waals surface area contributed by atoms with Crippen LogP contribution < -0.4 is 5.56 Å². The molecule has 1 atom stereocenters. The van der Waals surface area contributed by atoms with Gasteiger partial charge in [-0.1, -0.05) is 25.2 Å². The zero-order chi connectivity index (χ0) is 14.8. The molecule has 1 fully saturated rings. The molecule has 7 heteroatoms. The van der Waals surface area contributed by atoms with Crippen LogP contribution in [0.25, 0.3) is 4.96 Å². The average Bonchev–Trinajstić information content (AvgIpc) is 2.91. The summed E-state index contributed by atoms with van der Waals surface area (Å²) in [5.41, 5.74) is 0.735. The SMILES string of the molecule is CCc1nn2c(=O)cc(CN3CCOC[C@@H]3CC)nc2s1. The molecule has 0 spiro atoms. The maximum Gasteiger partial charge on any atom is 0.275 e. The van der Waals surface area contributed by atoms with Crippen molar-refractivity contribution in [1.82, 2.24) is 19.5 Å². The van der Waals surface area contributed by atoms with Crippen LogP contribution in [0.4, 0.5) is 0 Å². The summed E-state index contributed by atoms with van der Waals surface area (Å²) < 4.78 is 6.92. The lowest BCUT2D eigenvalue weighted by Gasteiger charge is -2.34. The summed E-state index contributed by atoms with van der Waals surface area (Å²) in [5, 5.41) is 5.22. The highest BCUT2D eigenvalue weighted by Gasteiger charge is 2.22. The van der Waals surface area contributed by atoms with Crippen molar-refractivity contribution in [3.63, 3.8) is 0 Å². The van der Waals surface area contributed by atoms with E-state index in [9.17, 15) is 4.79 Å². The third-order valence-corrected chi connectivity index (χ3v) is 4.88. The van der Waals surface area contributed by atoms with Gasteiger partial charge in [0.1, 0.15) is 5.01 Å². The molecular formula is C14H20N4O2S. The number of hydrogen-bond acceptors (Lipinski definition) is 6. The van der Waals surface area contributed by atoms with Gasteiger partial charge in [-0.2, -0.15) is 9.61 Å². The van der Waals surface area contributed by atoms with Gasteiger partial charge in [-0.15, -0.1) is 0 Å². The Labute approximate surface area is 127 Å². The van der Waals surface area contributed by atoms with Gasteiger partial charge in [0, 0.05) is 25.2 Å². The summed E-state index contributed by atoms with van der Waals surface area (Å²) in [6.07, 6.45) is 1.87. The predicted octanol–water partition coefficient (Wildman–Crippen LogP) is 1.32. The van der Waals surface area contributed by atoms with E-state index < -0.39 is 0 Å². The van der Waals surface area contributed by atoms with Crippen LogP contribution in [-0.4, -0.2) is 45.3 Å². The molecule has 0 saturated carbocycles. The minimum absolute atomic E-state index is 0.0905. The number of nitrogens with zero attached hydrogens (tertiary/aromatic N) is 4. The van der Waals surface area contributed by atoms with Gasteiger partial charge in [-0.05, 0) is 12.8 Å². The highest BCUT2D eigenvalue weighted by atomic mass is 32.1. The zero-order valence-electron chi connectivity index (χ0n) is 12.4. The van der Waals surface area contributed by atoms with Crippen molar-refractivity contribution in [2.24, 2.45) is 0 Å². The molecule has 0 radical (unpaired) electrons. The number of aryl methyl sites for hydroxylation is 1. The third kappa shape index (κ3) is 3.00. The van der Waals surface area contributed by atoms with Gasteiger partial charge >= 0.3 is 0 Å². The molecule has 0 aliphatic carbocycles. The minimum Gasteiger partial charge on any atom is -0.378 e. The quantitative estimate of drug-likeness (QED) is 0.852. The second-order valence-corrected chi connectivity index (χ2v) is 6.28. The van der Waals surface area contributed by atoms with Gasteiger partial charge in [0.2, 0.25) is 4.96 Å². The van der Waals surface area contributed by atoms with Crippen LogP contribution >= 0.6 is 11.3 Å². The standard InChI is InChI=1S/C14H20N4O2S/c1-3-11-9-20-6-5-17(11)8-10-7-13(19)18-14(15-10)21-12(4-2)16-18/h7,11H,3-6,8-9H2,1-2H3/t11-/m0/s1. The van der Waals surface area contributed by atoms with Crippen LogP contribution in [0.3, 0.4) is 0 Å². The first-order valence-corrected chi connectivity index (χ1v) is 8.23. The van der Waals surface area contributed by atoms with E-state index in [0.717, 1.165) is 43.3 Å². The molecule has 21 heavy (non-hydrogen) atoms. The Morgan fingerprint density at radius 3 is 3.10 bits per heavy atom. The van der Waals surface area contributed by atoms with Gasteiger partial charge in [-0.3, -0.25) is 9.69 Å². The Bertz CT molecular complexity index is 681. The van der Waals surface area contributed by atoms with Gasteiger partial charge in [-0.25, -0.2) is 4.98 Å². The Hall–Kier alpha value is -1.31. The zero-order valence-corrected chi connectivity index (χ0v) is 13.2. The number of morpholine rings is 1. The Kier molecular flexibility index (Phi) is 4.32. The van der Waals surface area contributed by atoms with E-state index in [-0.39, 0.29) is 5.56 Å². The summed E-state index contributed by atoms with van der Waals surface area (Å²) in [6, 6.07) is 2.01. The molecule has 0 unspecified atom stereocenters. The fraction of sp³-hybridized carbons (Fsp3) is 0.643. The van der Waals surface area contributed by atoms with E-state index in [1.807, 2.05) is 6.92 Å². The summed E-state index contributed by atoms with van der Waals surface area (Å²) in [6.45, 7) is 7.30. The number of ether oxygens (including phenoxy) is 1. The maximum atomic E-state index is 12.1. The van der Waals surface area contributed by atoms with Crippen molar-refractivity contribution >= 4 is 16.3 Å². The van der Waals surface area contributed by atoms with Crippen LogP contribution in [0, 0.1) is 0 Å². The molecule has 114 valence electrons. The first-order chi connectivity index (χ1) is 10.2. The monoisotopic (exact) mass is 308 g/mol. The van der Waals surface area contributed by atoms with Crippen molar-refractivity contribution in [2.45, 2.75) is 39.3 Å². The summed E-state index contributed by atoms with van der Waals surface area (Å²) in [5.74, 6) is 0. The number of fused-ring (bicyclic) bond motifs is 1. The molecule has 3 heterocycles. The Morgan fingerprint density at radius 1 is 1.48 bits per heavy atom. The topological polar surface area (TPSA) is 59.7 Å². The van der Waals surface area contributed by atoms with Crippen molar-refractivity contribution in [3.8, 4) is 0 Å². The Balaban J connectivity index is 1.88. The summed E-state index contributed by atoms with van der Waals surface area (Å²) in [7, 11) is 0. The van der Waals surface area contributed by atoms with Crippen molar-refractivity contribution < 1.29 is 4.74 Å². The molecular weight excluding hydrogens is 288 g/mol. The fourth-order valence-electron chi connectivity index (χ4n) is 2.60. The molecule has 2 aromatic rings. The van der Waals surface area contributed by atoms with E-state index in [0.29, 0.717) is 17.5 Å². The first kappa shape index (κ1) is 14.6. The molecule has 0 N–H and O–H groups in total. The molecule has 1 aliphatic heterocycles. The lowest BCUT2D eigenvalue weighted by Crippen LogP contribution is -2.44. The third-order valence-electron chi connectivity index (χ3n) is 3.83. The van der Waals surface area contributed by atoms with Crippen LogP contribution in [0.5, 0.6) is 0 Å². The fourth-order valence-corrected chi connectivity index (χ4v) is 3.46. The largest absolute Gasteiger partial charge is 0.378 e. The van der Waals surface area contributed by atoms with Gasteiger partial charge in [0.25, 0.3) is 5.56 Å². The highest BCUT2D eigenvalue weighted by Crippen LogP contribution is 2.15. The smallest absolute Gasteiger partial charge is 0.275 e. The first-order valence-electron chi connectivity index (χ1n) is 7.41. The van der Waals surface area contributed by atoms with E-state index in [1.54, 1.807) is 6.07 Å². The lowest BCUT2D eigenvalue weighted by molar-refractivity contribution is -0.0132. The van der Waals surface area contributed by atoms with E-state index in [2.05, 4.69) is 21.9 Å². The highest BCUT2D eigenvalue weighted by molar-refractivity contribution is 7.16. The second kappa shape index (κ2) is 6.21. The van der Waals surface area contributed by atoms with Gasteiger partial charge < -0.3 is 4.74 Å². The van der Waals surface area contributed by atoms with Crippen molar-refractivity contribution in [3.05, 3.63) is 27.1 Å². The normalized spacial score (nSPS) is 20.2. The van der Waals surface area contributed by atoms with E-state index >= 15 is 0 Å². The number of hydrogen-bond donors (Lipinski definition) is 0. The average molecular weight is 308 g/mol. The molecule has 0 aromatic carbocycles. The summed E-state index contributed by atoms with van der Waals surface area (Å²) >= 11 is 1.49. The molecule has 2 aromatic heterocycles. The molecule has 0 bridgehead atoms. The van der Waals surface area contributed by atoms with E-state index in [4.69, 9.17) is 4.74 Å². The number of rotatable bonds is 4. The van der Waals surface area contributed by atoms with E-state index in [1.165, 1.54) is 15.9 Å².